The lowest BCUT2D eigenvalue weighted by Crippen LogP contribution is -2.30. The van der Waals surface area contributed by atoms with Gasteiger partial charge in [0.05, 0.1) is 5.51 Å². The van der Waals surface area contributed by atoms with Gasteiger partial charge in [0.25, 0.3) is 10.0 Å². The molecule has 104 valence electrons. The summed E-state index contributed by atoms with van der Waals surface area (Å²) in [5.41, 5.74) is 0.808. The Balaban J connectivity index is 2.07. The van der Waals surface area contributed by atoms with Gasteiger partial charge >= 0.3 is 5.97 Å². The second-order valence-electron chi connectivity index (χ2n) is 4.30. The number of hydrogen-bond acceptors (Lipinski definition) is 5. The summed E-state index contributed by atoms with van der Waals surface area (Å²) in [6, 6.07) is 0. The molecule has 1 aliphatic carbocycles. The SMILES string of the molecule is O=C(O)c1ncsc1S(=O)(=O)NCC1CC=CCC1. The van der Waals surface area contributed by atoms with E-state index < -0.39 is 21.7 Å². The fourth-order valence-corrected chi connectivity index (χ4v) is 4.20. The van der Waals surface area contributed by atoms with Gasteiger partial charge in [-0.15, -0.1) is 11.3 Å². The van der Waals surface area contributed by atoms with Crippen LogP contribution in [0.25, 0.3) is 0 Å². The van der Waals surface area contributed by atoms with Crippen LogP contribution in [-0.4, -0.2) is 31.0 Å². The van der Waals surface area contributed by atoms with Crippen LogP contribution >= 0.6 is 11.3 Å². The Hall–Kier alpha value is -1.25. The molecule has 1 unspecified atom stereocenters. The summed E-state index contributed by atoms with van der Waals surface area (Å²) >= 11 is 0.815. The zero-order valence-corrected chi connectivity index (χ0v) is 11.7. The molecule has 0 spiro atoms. The molecule has 0 fully saturated rings. The average Bonchev–Trinajstić information content (AvgIpc) is 2.88. The summed E-state index contributed by atoms with van der Waals surface area (Å²) in [5.74, 6) is -1.07. The second-order valence-corrected chi connectivity index (χ2v) is 7.11. The molecule has 1 aromatic rings. The predicted molar refractivity (Wildman–Crippen MR) is 70.7 cm³/mol. The normalized spacial score (nSPS) is 19.5. The van der Waals surface area contributed by atoms with Crippen molar-refractivity contribution in [2.75, 3.05) is 6.54 Å². The molecular weight excluding hydrogens is 288 g/mol. The Kier molecular flexibility index (Phi) is 4.33. The molecule has 0 saturated carbocycles. The zero-order chi connectivity index (χ0) is 13.9. The van der Waals surface area contributed by atoms with Gasteiger partial charge in [-0.2, -0.15) is 0 Å². The first-order valence-electron chi connectivity index (χ1n) is 5.82. The van der Waals surface area contributed by atoms with Gasteiger partial charge in [-0.3, -0.25) is 0 Å². The van der Waals surface area contributed by atoms with E-state index in [0.29, 0.717) is 6.54 Å². The van der Waals surface area contributed by atoms with Crippen LogP contribution in [-0.2, 0) is 10.0 Å². The summed E-state index contributed by atoms with van der Waals surface area (Å²) in [7, 11) is -3.79. The van der Waals surface area contributed by atoms with Crippen molar-refractivity contribution in [1.82, 2.24) is 9.71 Å². The molecule has 2 rings (SSSR count). The molecule has 1 atom stereocenters. The number of carboxylic acids is 1. The monoisotopic (exact) mass is 302 g/mol. The maximum atomic E-state index is 12.0. The molecule has 6 nitrogen and oxygen atoms in total. The Morgan fingerprint density at radius 3 is 2.95 bits per heavy atom. The Morgan fingerprint density at radius 1 is 1.53 bits per heavy atom. The lowest BCUT2D eigenvalue weighted by atomic mass is 9.95. The van der Waals surface area contributed by atoms with E-state index in [1.807, 2.05) is 6.08 Å². The van der Waals surface area contributed by atoms with Crippen LogP contribution in [0.3, 0.4) is 0 Å². The van der Waals surface area contributed by atoms with Gasteiger partial charge in [0.15, 0.2) is 9.90 Å². The summed E-state index contributed by atoms with van der Waals surface area (Å²) in [6.45, 7) is 0.323. The second kappa shape index (κ2) is 5.81. The van der Waals surface area contributed by atoms with Gasteiger partial charge in [-0.25, -0.2) is 22.9 Å². The third-order valence-electron chi connectivity index (χ3n) is 2.92. The number of hydrogen-bond donors (Lipinski definition) is 2. The minimum absolute atomic E-state index is 0.230. The molecule has 0 aliphatic heterocycles. The number of nitrogens with one attached hydrogen (secondary N) is 1. The van der Waals surface area contributed by atoms with E-state index in [0.717, 1.165) is 30.6 Å². The molecule has 19 heavy (non-hydrogen) atoms. The number of allylic oxidation sites excluding steroid dienone is 2. The number of thiazole rings is 1. The highest BCUT2D eigenvalue weighted by Crippen LogP contribution is 2.21. The molecule has 0 bridgehead atoms. The number of rotatable bonds is 5. The van der Waals surface area contributed by atoms with Crippen LogP contribution in [0.1, 0.15) is 29.8 Å². The lowest BCUT2D eigenvalue weighted by Gasteiger charge is -2.17. The first-order valence-corrected chi connectivity index (χ1v) is 8.18. The molecule has 0 radical (unpaired) electrons. The number of nitrogens with zero attached hydrogens (tertiary/aromatic N) is 1. The molecule has 0 aromatic carbocycles. The molecule has 2 N–H and O–H groups in total. The minimum Gasteiger partial charge on any atom is -0.476 e. The standard InChI is InChI=1S/C11H14N2O4S2/c14-10(15)9-11(18-7-12-9)19(16,17)13-6-8-4-2-1-3-5-8/h1-2,7-8,13H,3-6H2,(H,14,15). The lowest BCUT2D eigenvalue weighted by molar-refractivity contribution is 0.0687. The first-order chi connectivity index (χ1) is 9.00. The molecule has 8 heteroatoms. The maximum Gasteiger partial charge on any atom is 0.356 e. The molecular formula is C11H14N2O4S2. The van der Waals surface area contributed by atoms with Crippen molar-refractivity contribution < 1.29 is 18.3 Å². The van der Waals surface area contributed by atoms with Crippen LogP contribution in [0.4, 0.5) is 0 Å². The van der Waals surface area contributed by atoms with Crippen LogP contribution in [0.5, 0.6) is 0 Å². The topological polar surface area (TPSA) is 96.4 Å². The van der Waals surface area contributed by atoms with Crippen molar-refractivity contribution >= 4 is 27.3 Å². The summed E-state index contributed by atoms with van der Waals surface area (Å²) in [4.78, 5) is 14.4. The third kappa shape index (κ3) is 3.40. The predicted octanol–water partition coefficient (Wildman–Crippen LogP) is 1.48. The third-order valence-corrected chi connectivity index (χ3v) is 5.71. The first kappa shape index (κ1) is 14.2. The van der Waals surface area contributed by atoms with Crippen molar-refractivity contribution in [1.29, 1.82) is 0 Å². The van der Waals surface area contributed by atoms with Crippen LogP contribution in [0.15, 0.2) is 21.9 Å². The van der Waals surface area contributed by atoms with Crippen LogP contribution < -0.4 is 4.72 Å². The van der Waals surface area contributed by atoms with E-state index in [4.69, 9.17) is 5.11 Å². The number of sulfonamides is 1. The quantitative estimate of drug-likeness (QED) is 0.803. The maximum absolute atomic E-state index is 12.0. The van der Waals surface area contributed by atoms with Crippen LogP contribution in [0, 0.1) is 5.92 Å². The van der Waals surface area contributed by atoms with Crippen molar-refractivity contribution in [3.05, 3.63) is 23.4 Å². The highest BCUT2D eigenvalue weighted by atomic mass is 32.2. The van der Waals surface area contributed by atoms with Gasteiger partial charge in [0.1, 0.15) is 0 Å². The summed E-state index contributed by atoms with van der Waals surface area (Å²) < 4.78 is 26.3. The average molecular weight is 302 g/mol. The molecule has 0 amide bonds. The Labute approximate surface area is 115 Å². The van der Waals surface area contributed by atoms with E-state index in [9.17, 15) is 13.2 Å². The minimum atomic E-state index is -3.79. The fraction of sp³-hybridized carbons (Fsp3) is 0.455. The molecule has 1 heterocycles. The van der Waals surface area contributed by atoms with Gasteiger partial charge in [0, 0.05) is 6.54 Å². The van der Waals surface area contributed by atoms with E-state index in [1.165, 1.54) is 5.51 Å². The summed E-state index contributed by atoms with van der Waals surface area (Å²) in [6.07, 6.45) is 6.85. The number of carbonyl (C=O) groups is 1. The number of carboxylic acid groups (broad SMARTS) is 1. The van der Waals surface area contributed by atoms with Crippen LogP contribution in [0.2, 0.25) is 0 Å². The summed E-state index contributed by atoms with van der Waals surface area (Å²) in [5, 5.41) is 8.88. The van der Waals surface area contributed by atoms with E-state index in [-0.39, 0.29) is 10.1 Å². The number of aromatic nitrogens is 1. The van der Waals surface area contributed by atoms with Gasteiger partial charge in [-0.1, -0.05) is 12.2 Å². The Bertz CT molecular complexity index is 592. The van der Waals surface area contributed by atoms with Gasteiger partial charge in [-0.05, 0) is 25.2 Å². The van der Waals surface area contributed by atoms with Gasteiger partial charge in [0.2, 0.25) is 0 Å². The van der Waals surface area contributed by atoms with Crippen molar-refractivity contribution in [3.63, 3.8) is 0 Å². The smallest absolute Gasteiger partial charge is 0.356 e. The van der Waals surface area contributed by atoms with Crippen molar-refractivity contribution in [2.24, 2.45) is 5.92 Å². The molecule has 1 aliphatic rings. The highest BCUT2D eigenvalue weighted by Gasteiger charge is 2.26. The molecule has 0 saturated heterocycles. The largest absolute Gasteiger partial charge is 0.476 e. The fourth-order valence-electron chi connectivity index (χ4n) is 1.90. The number of aromatic carboxylic acids is 1. The van der Waals surface area contributed by atoms with Gasteiger partial charge < -0.3 is 5.11 Å². The van der Waals surface area contributed by atoms with Crippen molar-refractivity contribution in [3.8, 4) is 0 Å². The van der Waals surface area contributed by atoms with E-state index in [1.54, 1.807) is 0 Å². The van der Waals surface area contributed by atoms with E-state index >= 15 is 0 Å². The van der Waals surface area contributed by atoms with Crippen molar-refractivity contribution in [2.45, 2.75) is 23.5 Å². The Morgan fingerprint density at radius 2 is 2.32 bits per heavy atom. The highest BCUT2D eigenvalue weighted by molar-refractivity contribution is 7.91. The molecule has 1 aromatic heterocycles. The zero-order valence-electron chi connectivity index (χ0n) is 10.1. The van der Waals surface area contributed by atoms with E-state index in [2.05, 4.69) is 15.8 Å².